The molecular weight excluding hydrogens is 230 g/mol. The third-order valence-electron chi connectivity index (χ3n) is 3.12. The summed E-state index contributed by atoms with van der Waals surface area (Å²) in [6.07, 6.45) is 0.885. The van der Waals surface area contributed by atoms with E-state index in [4.69, 9.17) is 9.84 Å². The Kier molecular flexibility index (Phi) is 5.65. The molecule has 0 aliphatic rings. The van der Waals surface area contributed by atoms with Crippen LogP contribution in [0.15, 0.2) is 24.3 Å². The van der Waals surface area contributed by atoms with Crippen molar-refractivity contribution >= 4 is 5.97 Å². The van der Waals surface area contributed by atoms with Crippen molar-refractivity contribution in [2.24, 2.45) is 0 Å². The average Bonchev–Trinajstić information content (AvgIpc) is 2.36. The van der Waals surface area contributed by atoms with Crippen molar-refractivity contribution in [1.82, 2.24) is 4.90 Å². The van der Waals surface area contributed by atoms with Crippen LogP contribution in [-0.4, -0.2) is 36.2 Å². The Morgan fingerprint density at radius 3 is 2.50 bits per heavy atom. The van der Waals surface area contributed by atoms with E-state index in [0.717, 1.165) is 12.3 Å². The number of aliphatic carboxylic acids is 1. The van der Waals surface area contributed by atoms with Gasteiger partial charge in [0.25, 0.3) is 0 Å². The zero-order valence-corrected chi connectivity index (χ0v) is 11.2. The molecule has 100 valence electrons. The Labute approximate surface area is 108 Å². The monoisotopic (exact) mass is 251 g/mol. The topological polar surface area (TPSA) is 49.8 Å². The van der Waals surface area contributed by atoms with Crippen molar-refractivity contribution in [1.29, 1.82) is 0 Å². The summed E-state index contributed by atoms with van der Waals surface area (Å²) < 4.78 is 5.11. The predicted octanol–water partition coefficient (Wildman–Crippen LogP) is 2.38. The number of nitrogens with zero attached hydrogens (tertiary/aromatic N) is 1. The maximum Gasteiger partial charge on any atom is 0.303 e. The minimum Gasteiger partial charge on any atom is -0.497 e. The lowest BCUT2D eigenvalue weighted by atomic mass is 10.1. The largest absolute Gasteiger partial charge is 0.497 e. The fourth-order valence-corrected chi connectivity index (χ4v) is 1.73. The smallest absolute Gasteiger partial charge is 0.303 e. The Hall–Kier alpha value is -1.55. The number of carbonyl (C=O) groups is 1. The van der Waals surface area contributed by atoms with Gasteiger partial charge in [0.05, 0.1) is 7.11 Å². The quantitative estimate of drug-likeness (QED) is 0.808. The predicted molar refractivity (Wildman–Crippen MR) is 70.8 cm³/mol. The highest BCUT2D eigenvalue weighted by Crippen LogP contribution is 2.14. The molecule has 1 aromatic rings. The lowest BCUT2D eigenvalue weighted by Crippen LogP contribution is -2.29. The fourth-order valence-electron chi connectivity index (χ4n) is 1.73. The van der Waals surface area contributed by atoms with Crippen LogP contribution >= 0.6 is 0 Å². The van der Waals surface area contributed by atoms with Gasteiger partial charge in [-0.25, -0.2) is 0 Å². The number of rotatable bonds is 7. The van der Waals surface area contributed by atoms with Crippen LogP contribution < -0.4 is 4.74 Å². The molecule has 0 radical (unpaired) electrons. The number of carboxylic acids is 1. The Morgan fingerprint density at radius 2 is 2.00 bits per heavy atom. The van der Waals surface area contributed by atoms with Crippen LogP contribution in [0.5, 0.6) is 5.75 Å². The van der Waals surface area contributed by atoms with Crippen LogP contribution in [0, 0.1) is 0 Å². The van der Waals surface area contributed by atoms with Gasteiger partial charge in [-0.15, -0.1) is 0 Å². The molecular formula is C14H21NO3. The Balaban J connectivity index is 2.47. The summed E-state index contributed by atoms with van der Waals surface area (Å²) in [6, 6.07) is 8.18. The zero-order chi connectivity index (χ0) is 13.5. The maximum atomic E-state index is 10.5. The molecule has 1 rings (SSSR count). The molecule has 0 amide bonds. The molecule has 0 bridgehead atoms. The van der Waals surface area contributed by atoms with Crippen molar-refractivity contribution in [3.8, 4) is 5.75 Å². The molecule has 0 aliphatic heterocycles. The van der Waals surface area contributed by atoms with E-state index in [1.807, 2.05) is 38.2 Å². The Morgan fingerprint density at radius 1 is 1.39 bits per heavy atom. The van der Waals surface area contributed by atoms with Crippen LogP contribution in [0.2, 0.25) is 0 Å². The van der Waals surface area contributed by atoms with Gasteiger partial charge in [-0.2, -0.15) is 0 Å². The van der Waals surface area contributed by atoms with Crippen molar-refractivity contribution in [2.45, 2.75) is 32.4 Å². The van der Waals surface area contributed by atoms with E-state index in [2.05, 4.69) is 4.90 Å². The van der Waals surface area contributed by atoms with Crippen LogP contribution in [0.25, 0.3) is 0 Å². The second-order valence-electron chi connectivity index (χ2n) is 4.54. The summed E-state index contributed by atoms with van der Waals surface area (Å²) in [5.41, 5.74) is 1.19. The molecule has 1 atom stereocenters. The standard InChI is InChI=1S/C14H21NO3/c1-11(4-9-14(16)17)15(2)10-12-5-7-13(18-3)8-6-12/h5-8,11H,4,9-10H2,1-3H3,(H,16,17). The van der Waals surface area contributed by atoms with Gasteiger partial charge in [0, 0.05) is 19.0 Å². The minimum atomic E-state index is -0.736. The van der Waals surface area contributed by atoms with Crippen LogP contribution in [0.1, 0.15) is 25.3 Å². The second-order valence-corrected chi connectivity index (χ2v) is 4.54. The first-order valence-corrected chi connectivity index (χ1v) is 6.08. The molecule has 1 N–H and O–H groups in total. The molecule has 4 nitrogen and oxygen atoms in total. The summed E-state index contributed by atoms with van der Waals surface area (Å²) >= 11 is 0. The van der Waals surface area contributed by atoms with Gasteiger partial charge in [0.15, 0.2) is 0 Å². The molecule has 0 spiro atoms. The average molecular weight is 251 g/mol. The van der Waals surface area contributed by atoms with E-state index in [1.54, 1.807) is 7.11 Å². The van der Waals surface area contributed by atoms with Gasteiger partial charge in [0.1, 0.15) is 5.75 Å². The summed E-state index contributed by atoms with van der Waals surface area (Å²) in [7, 11) is 3.66. The van der Waals surface area contributed by atoms with E-state index in [0.29, 0.717) is 6.42 Å². The highest BCUT2D eigenvalue weighted by atomic mass is 16.5. The van der Waals surface area contributed by atoms with Crippen molar-refractivity contribution in [3.05, 3.63) is 29.8 Å². The first-order chi connectivity index (χ1) is 8.52. The molecule has 0 saturated carbocycles. The molecule has 4 heteroatoms. The SMILES string of the molecule is COc1ccc(CN(C)C(C)CCC(=O)O)cc1. The normalized spacial score (nSPS) is 12.4. The van der Waals surface area contributed by atoms with E-state index in [1.165, 1.54) is 5.56 Å². The van der Waals surface area contributed by atoms with E-state index in [-0.39, 0.29) is 12.5 Å². The first-order valence-electron chi connectivity index (χ1n) is 6.08. The first kappa shape index (κ1) is 14.5. The van der Waals surface area contributed by atoms with E-state index in [9.17, 15) is 4.79 Å². The third-order valence-corrected chi connectivity index (χ3v) is 3.12. The second kappa shape index (κ2) is 7.01. The van der Waals surface area contributed by atoms with Gasteiger partial charge in [0.2, 0.25) is 0 Å². The number of ether oxygens (including phenoxy) is 1. The van der Waals surface area contributed by atoms with E-state index < -0.39 is 5.97 Å². The van der Waals surface area contributed by atoms with Gasteiger partial charge >= 0.3 is 5.97 Å². The number of hydrogen-bond acceptors (Lipinski definition) is 3. The molecule has 1 aromatic carbocycles. The summed E-state index contributed by atoms with van der Waals surface area (Å²) in [4.78, 5) is 12.7. The number of benzene rings is 1. The van der Waals surface area contributed by atoms with Crippen molar-refractivity contribution in [2.75, 3.05) is 14.2 Å². The highest BCUT2D eigenvalue weighted by Gasteiger charge is 2.11. The number of carboxylic acid groups (broad SMARTS) is 1. The van der Waals surface area contributed by atoms with Gasteiger partial charge < -0.3 is 9.84 Å². The van der Waals surface area contributed by atoms with Crippen molar-refractivity contribution in [3.63, 3.8) is 0 Å². The lowest BCUT2D eigenvalue weighted by molar-refractivity contribution is -0.137. The van der Waals surface area contributed by atoms with Crippen LogP contribution in [-0.2, 0) is 11.3 Å². The fraction of sp³-hybridized carbons (Fsp3) is 0.500. The summed E-state index contributed by atoms with van der Waals surface area (Å²) in [6.45, 7) is 2.86. The molecule has 0 fully saturated rings. The molecule has 0 heterocycles. The Bertz CT molecular complexity index is 375. The minimum absolute atomic E-state index is 0.216. The summed E-state index contributed by atoms with van der Waals surface area (Å²) in [5, 5.41) is 8.66. The van der Waals surface area contributed by atoms with Gasteiger partial charge in [-0.1, -0.05) is 12.1 Å². The third kappa shape index (κ3) is 4.75. The van der Waals surface area contributed by atoms with E-state index >= 15 is 0 Å². The number of hydrogen-bond donors (Lipinski definition) is 1. The van der Waals surface area contributed by atoms with Crippen LogP contribution in [0.4, 0.5) is 0 Å². The lowest BCUT2D eigenvalue weighted by Gasteiger charge is -2.24. The maximum absolute atomic E-state index is 10.5. The number of methoxy groups -OCH3 is 1. The summed E-state index contributed by atoms with van der Waals surface area (Å²) in [5.74, 6) is 0.111. The van der Waals surface area contributed by atoms with Gasteiger partial charge in [-0.3, -0.25) is 9.69 Å². The molecule has 0 aliphatic carbocycles. The molecule has 18 heavy (non-hydrogen) atoms. The molecule has 0 saturated heterocycles. The van der Waals surface area contributed by atoms with Crippen LogP contribution in [0.3, 0.4) is 0 Å². The molecule has 0 aromatic heterocycles. The van der Waals surface area contributed by atoms with Crippen molar-refractivity contribution < 1.29 is 14.6 Å². The zero-order valence-electron chi connectivity index (χ0n) is 11.2. The molecule has 1 unspecified atom stereocenters. The van der Waals surface area contributed by atoms with Gasteiger partial charge in [-0.05, 0) is 38.1 Å². The highest BCUT2D eigenvalue weighted by molar-refractivity contribution is 5.66.